The molecule has 1 aliphatic rings. The Morgan fingerprint density at radius 1 is 1.13 bits per heavy atom. The number of urea groups is 1. The maximum absolute atomic E-state index is 13.9. The number of rotatable bonds is 7. The van der Waals surface area contributed by atoms with Gasteiger partial charge in [0.15, 0.2) is 11.6 Å². The molecular weight excluding hydrogens is 385 g/mol. The topological polar surface area (TPSA) is 54.0 Å². The smallest absolute Gasteiger partial charge is 0.317 e. The monoisotopic (exact) mass is 415 g/mol. The summed E-state index contributed by atoms with van der Waals surface area (Å²) in [6.45, 7) is 2.93. The molecule has 1 aliphatic heterocycles. The maximum Gasteiger partial charge on any atom is 0.317 e. The van der Waals surface area contributed by atoms with Gasteiger partial charge in [-0.3, -0.25) is 4.90 Å². The number of hydrogen-bond acceptors (Lipinski definition) is 4. The van der Waals surface area contributed by atoms with E-state index in [-0.39, 0.29) is 23.6 Å². The second kappa shape index (κ2) is 10.3. The van der Waals surface area contributed by atoms with Gasteiger partial charge in [-0.1, -0.05) is 18.2 Å². The zero-order valence-corrected chi connectivity index (χ0v) is 17.9. The van der Waals surface area contributed by atoms with Gasteiger partial charge in [-0.05, 0) is 48.2 Å². The number of methoxy groups -OCH3 is 2. The normalized spacial score (nSPS) is 14.9. The van der Waals surface area contributed by atoms with E-state index in [0.29, 0.717) is 13.1 Å². The molecule has 1 fully saturated rings. The minimum atomic E-state index is -0.337. The van der Waals surface area contributed by atoms with Crippen molar-refractivity contribution >= 4 is 6.03 Å². The summed E-state index contributed by atoms with van der Waals surface area (Å²) in [5.74, 6) is 0.708. The van der Waals surface area contributed by atoms with Crippen LogP contribution in [0.15, 0.2) is 42.5 Å². The summed E-state index contributed by atoms with van der Waals surface area (Å²) in [7, 11) is 4.89. The lowest BCUT2D eigenvalue weighted by molar-refractivity contribution is 0.173. The molecule has 2 aromatic carbocycles. The van der Waals surface area contributed by atoms with E-state index >= 15 is 0 Å². The van der Waals surface area contributed by atoms with E-state index in [9.17, 15) is 9.18 Å². The first kappa shape index (κ1) is 21.9. The number of nitrogens with one attached hydrogen (secondary N) is 1. The van der Waals surface area contributed by atoms with Gasteiger partial charge in [-0.15, -0.1) is 0 Å². The van der Waals surface area contributed by atoms with E-state index in [1.54, 1.807) is 25.1 Å². The van der Waals surface area contributed by atoms with Crippen molar-refractivity contribution in [2.24, 2.45) is 0 Å². The molecule has 2 amide bonds. The van der Waals surface area contributed by atoms with Crippen molar-refractivity contribution in [2.75, 3.05) is 34.4 Å². The highest BCUT2D eigenvalue weighted by atomic mass is 19.1. The molecule has 162 valence electrons. The van der Waals surface area contributed by atoms with Crippen molar-refractivity contribution in [3.8, 4) is 11.5 Å². The molecule has 0 aromatic heterocycles. The number of benzene rings is 2. The minimum absolute atomic E-state index is 0.0755. The summed E-state index contributed by atoms with van der Waals surface area (Å²) in [5, 5.41) is 3.13. The van der Waals surface area contributed by atoms with Crippen LogP contribution in [0.4, 0.5) is 9.18 Å². The van der Waals surface area contributed by atoms with E-state index in [4.69, 9.17) is 9.47 Å². The fourth-order valence-corrected chi connectivity index (χ4v) is 3.70. The average Bonchev–Trinajstić information content (AvgIpc) is 2.75. The first-order valence-electron chi connectivity index (χ1n) is 10.2. The van der Waals surface area contributed by atoms with Crippen LogP contribution in [0.25, 0.3) is 0 Å². The molecule has 7 heteroatoms. The number of piperidine rings is 1. The number of halogens is 1. The number of carbonyl (C=O) groups is 1. The Hall–Kier alpha value is -2.80. The summed E-state index contributed by atoms with van der Waals surface area (Å²) in [6, 6.07) is 12.9. The molecule has 30 heavy (non-hydrogen) atoms. The van der Waals surface area contributed by atoms with Gasteiger partial charge < -0.3 is 19.7 Å². The predicted octanol–water partition coefficient (Wildman–Crippen LogP) is 3.65. The summed E-state index contributed by atoms with van der Waals surface area (Å²) in [4.78, 5) is 16.5. The molecule has 0 radical (unpaired) electrons. The lowest BCUT2D eigenvalue weighted by Crippen LogP contribution is -2.48. The predicted molar refractivity (Wildman–Crippen MR) is 114 cm³/mol. The fraction of sp³-hybridized carbons (Fsp3) is 0.435. The standard InChI is InChI=1S/C23H30FN3O3/c1-26(15-17-5-4-6-20(13-17)29-2)23(28)25-19-9-11-27(12-10-19)16-18-7-8-22(30-3)21(24)14-18/h4-8,13-14,19H,9-12,15-16H2,1-3H3,(H,25,28). The Kier molecular flexibility index (Phi) is 7.52. The first-order valence-corrected chi connectivity index (χ1v) is 10.2. The highest BCUT2D eigenvalue weighted by Gasteiger charge is 2.22. The van der Waals surface area contributed by atoms with Gasteiger partial charge in [0.2, 0.25) is 0 Å². The van der Waals surface area contributed by atoms with E-state index < -0.39 is 0 Å². The zero-order valence-electron chi connectivity index (χ0n) is 17.9. The molecule has 0 atom stereocenters. The maximum atomic E-state index is 13.9. The molecule has 6 nitrogen and oxygen atoms in total. The molecule has 2 aromatic rings. The largest absolute Gasteiger partial charge is 0.497 e. The molecule has 1 saturated heterocycles. The quantitative estimate of drug-likeness (QED) is 0.750. The van der Waals surface area contributed by atoms with E-state index in [1.165, 1.54) is 13.2 Å². The van der Waals surface area contributed by atoms with Crippen molar-refractivity contribution in [2.45, 2.75) is 32.0 Å². The lowest BCUT2D eigenvalue weighted by Gasteiger charge is -2.33. The van der Waals surface area contributed by atoms with Gasteiger partial charge >= 0.3 is 6.03 Å². The second-order valence-electron chi connectivity index (χ2n) is 7.68. The van der Waals surface area contributed by atoms with Crippen LogP contribution in [0.3, 0.4) is 0 Å². The van der Waals surface area contributed by atoms with Crippen LogP contribution in [0, 0.1) is 5.82 Å². The van der Waals surface area contributed by atoms with Crippen molar-refractivity contribution < 1.29 is 18.7 Å². The minimum Gasteiger partial charge on any atom is -0.497 e. The van der Waals surface area contributed by atoms with Crippen LogP contribution in [0.5, 0.6) is 11.5 Å². The van der Waals surface area contributed by atoms with Gasteiger partial charge in [-0.2, -0.15) is 0 Å². The number of nitrogens with zero attached hydrogens (tertiary/aromatic N) is 2. The molecule has 3 rings (SSSR count). The highest BCUT2D eigenvalue weighted by molar-refractivity contribution is 5.74. The van der Waals surface area contributed by atoms with Gasteiger partial charge in [0.25, 0.3) is 0 Å². The average molecular weight is 416 g/mol. The Balaban J connectivity index is 1.44. The summed E-state index contributed by atoms with van der Waals surface area (Å²) in [6.07, 6.45) is 1.74. The summed E-state index contributed by atoms with van der Waals surface area (Å²) >= 11 is 0. The van der Waals surface area contributed by atoms with Gasteiger partial charge in [-0.25, -0.2) is 9.18 Å². The summed E-state index contributed by atoms with van der Waals surface area (Å²) < 4.78 is 24.1. The Morgan fingerprint density at radius 3 is 2.57 bits per heavy atom. The zero-order chi connectivity index (χ0) is 21.5. The molecule has 0 aliphatic carbocycles. The summed E-state index contributed by atoms with van der Waals surface area (Å²) in [5.41, 5.74) is 1.95. The van der Waals surface area contributed by atoms with E-state index in [2.05, 4.69) is 10.2 Å². The van der Waals surface area contributed by atoms with Crippen LogP contribution in [-0.2, 0) is 13.1 Å². The Morgan fingerprint density at radius 2 is 1.90 bits per heavy atom. The molecule has 1 heterocycles. The SMILES string of the molecule is COc1cccc(CN(C)C(=O)NC2CCN(Cc3ccc(OC)c(F)c3)CC2)c1. The molecule has 0 bridgehead atoms. The molecule has 0 spiro atoms. The number of carbonyl (C=O) groups excluding carboxylic acids is 1. The highest BCUT2D eigenvalue weighted by Crippen LogP contribution is 2.20. The van der Waals surface area contributed by atoms with Gasteiger partial charge in [0.1, 0.15) is 5.75 Å². The molecule has 1 N–H and O–H groups in total. The number of ether oxygens (including phenoxy) is 2. The molecule has 0 unspecified atom stereocenters. The van der Waals surface area contributed by atoms with Crippen LogP contribution in [0.1, 0.15) is 24.0 Å². The fourth-order valence-electron chi connectivity index (χ4n) is 3.70. The third-order valence-corrected chi connectivity index (χ3v) is 5.44. The van der Waals surface area contributed by atoms with Crippen molar-refractivity contribution in [1.29, 1.82) is 0 Å². The van der Waals surface area contributed by atoms with E-state index in [1.807, 2.05) is 30.3 Å². The Bertz CT molecular complexity index is 853. The van der Waals surface area contributed by atoms with Crippen molar-refractivity contribution in [3.05, 3.63) is 59.4 Å². The van der Waals surface area contributed by atoms with Gasteiger partial charge in [0, 0.05) is 39.3 Å². The van der Waals surface area contributed by atoms with Gasteiger partial charge in [0.05, 0.1) is 14.2 Å². The Labute approximate surface area is 177 Å². The number of amides is 2. The lowest BCUT2D eigenvalue weighted by atomic mass is 10.0. The molecule has 0 saturated carbocycles. The first-order chi connectivity index (χ1) is 14.5. The van der Waals surface area contributed by atoms with Crippen LogP contribution in [-0.4, -0.2) is 56.2 Å². The number of hydrogen-bond donors (Lipinski definition) is 1. The molecular formula is C23H30FN3O3. The van der Waals surface area contributed by atoms with E-state index in [0.717, 1.165) is 42.8 Å². The second-order valence-corrected chi connectivity index (χ2v) is 7.68. The van der Waals surface area contributed by atoms with Crippen LogP contribution >= 0.6 is 0 Å². The van der Waals surface area contributed by atoms with Crippen molar-refractivity contribution in [1.82, 2.24) is 15.1 Å². The third kappa shape index (κ3) is 5.86. The van der Waals surface area contributed by atoms with Crippen molar-refractivity contribution in [3.63, 3.8) is 0 Å². The van der Waals surface area contributed by atoms with Crippen LogP contribution < -0.4 is 14.8 Å². The third-order valence-electron chi connectivity index (χ3n) is 5.44. The van der Waals surface area contributed by atoms with Crippen LogP contribution in [0.2, 0.25) is 0 Å². The number of likely N-dealkylation sites (tertiary alicyclic amines) is 1.